The molecule has 0 bridgehead atoms. The quantitative estimate of drug-likeness (QED) is 0.808. The van der Waals surface area contributed by atoms with Gasteiger partial charge in [0.25, 0.3) is 0 Å². The molecule has 1 saturated heterocycles. The molecule has 6 heteroatoms. The molecule has 5 nitrogen and oxygen atoms in total. The number of nitrogens with zero attached hydrogens (tertiary/aromatic N) is 2. The lowest BCUT2D eigenvalue weighted by Gasteiger charge is -2.33. The highest BCUT2D eigenvalue weighted by Crippen LogP contribution is 2.25. The van der Waals surface area contributed by atoms with Crippen LogP contribution in [-0.4, -0.2) is 40.8 Å². The third kappa shape index (κ3) is 5.24. The van der Waals surface area contributed by atoms with Gasteiger partial charge in [0.2, 0.25) is 11.8 Å². The molecule has 2 aromatic rings. The van der Waals surface area contributed by atoms with Gasteiger partial charge in [-0.3, -0.25) is 9.59 Å². The number of thiazole rings is 1. The first-order valence-electron chi connectivity index (χ1n) is 10.8. The molecule has 2 aliphatic rings. The zero-order chi connectivity index (χ0) is 20.1. The lowest BCUT2D eigenvalue weighted by molar-refractivity contribution is -0.132. The molecule has 0 unspecified atom stereocenters. The molecule has 0 spiro atoms. The Bertz CT molecular complexity index is 822. The van der Waals surface area contributed by atoms with E-state index in [9.17, 15) is 9.59 Å². The van der Waals surface area contributed by atoms with Crippen LogP contribution in [0.5, 0.6) is 0 Å². The first-order valence-corrected chi connectivity index (χ1v) is 11.6. The second-order valence-electron chi connectivity index (χ2n) is 8.19. The van der Waals surface area contributed by atoms with Gasteiger partial charge in [0.1, 0.15) is 5.01 Å². The van der Waals surface area contributed by atoms with Crippen molar-refractivity contribution in [1.82, 2.24) is 15.2 Å². The van der Waals surface area contributed by atoms with Crippen LogP contribution in [0.4, 0.5) is 0 Å². The number of amides is 2. The number of rotatable bonds is 5. The predicted octanol–water partition coefficient (Wildman–Crippen LogP) is 4.04. The highest BCUT2D eigenvalue weighted by atomic mass is 32.1. The molecule has 2 amide bonds. The van der Waals surface area contributed by atoms with Crippen LogP contribution in [0.25, 0.3) is 10.6 Å². The average molecular weight is 412 g/mol. The molecule has 1 aliphatic heterocycles. The first kappa shape index (κ1) is 20.1. The largest absolute Gasteiger partial charge is 0.353 e. The smallest absolute Gasteiger partial charge is 0.228 e. The summed E-state index contributed by atoms with van der Waals surface area (Å²) in [6.45, 7) is 1.42. The highest BCUT2D eigenvalue weighted by Gasteiger charge is 2.27. The van der Waals surface area contributed by atoms with Gasteiger partial charge in [-0.05, 0) is 25.7 Å². The van der Waals surface area contributed by atoms with E-state index in [1.807, 2.05) is 40.6 Å². The maximum absolute atomic E-state index is 12.7. The van der Waals surface area contributed by atoms with Crippen LogP contribution in [0.1, 0.15) is 50.6 Å². The molecule has 4 rings (SSSR count). The van der Waals surface area contributed by atoms with Crippen LogP contribution in [0.15, 0.2) is 35.7 Å². The van der Waals surface area contributed by atoms with Crippen LogP contribution in [0.2, 0.25) is 0 Å². The SMILES string of the molecule is O=C(NC1CCN(C(=O)Cc2csc(-c3ccccc3)n2)CC1)C1CCCCC1. The summed E-state index contributed by atoms with van der Waals surface area (Å²) in [5, 5.41) is 6.17. The second-order valence-corrected chi connectivity index (χ2v) is 9.04. The average Bonchev–Trinajstić information content (AvgIpc) is 3.24. The van der Waals surface area contributed by atoms with E-state index in [4.69, 9.17) is 0 Å². The van der Waals surface area contributed by atoms with Crippen LogP contribution >= 0.6 is 11.3 Å². The lowest BCUT2D eigenvalue weighted by Crippen LogP contribution is -2.48. The fraction of sp³-hybridized carbons (Fsp3) is 0.522. The summed E-state index contributed by atoms with van der Waals surface area (Å²) in [6, 6.07) is 10.3. The van der Waals surface area contributed by atoms with Crippen LogP contribution in [-0.2, 0) is 16.0 Å². The van der Waals surface area contributed by atoms with Crippen LogP contribution < -0.4 is 5.32 Å². The lowest BCUT2D eigenvalue weighted by atomic mass is 9.88. The fourth-order valence-corrected chi connectivity index (χ4v) is 5.15. The molecule has 1 aromatic heterocycles. The van der Waals surface area contributed by atoms with Gasteiger partial charge in [-0.1, -0.05) is 49.6 Å². The van der Waals surface area contributed by atoms with E-state index in [0.717, 1.165) is 41.9 Å². The predicted molar refractivity (Wildman–Crippen MR) is 116 cm³/mol. The zero-order valence-electron chi connectivity index (χ0n) is 16.8. The summed E-state index contributed by atoms with van der Waals surface area (Å²) < 4.78 is 0. The van der Waals surface area contributed by atoms with Crippen LogP contribution in [0.3, 0.4) is 0 Å². The number of piperidine rings is 1. The number of hydrogen-bond acceptors (Lipinski definition) is 4. The molecule has 2 heterocycles. The van der Waals surface area contributed by atoms with Crippen molar-refractivity contribution in [3.63, 3.8) is 0 Å². The van der Waals surface area contributed by atoms with Crippen molar-refractivity contribution >= 4 is 23.2 Å². The molecular weight excluding hydrogens is 382 g/mol. The molecule has 154 valence electrons. The Morgan fingerprint density at radius 1 is 1.03 bits per heavy atom. The Hall–Kier alpha value is -2.21. The van der Waals surface area contributed by atoms with Crippen molar-refractivity contribution < 1.29 is 9.59 Å². The Balaban J connectivity index is 1.24. The van der Waals surface area contributed by atoms with Gasteiger partial charge >= 0.3 is 0 Å². The number of hydrogen-bond donors (Lipinski definition) is 1. The molecule has 0 radical (unpaired) electrons. The molecule has 1 N–H and O–H groups in total. The van der Waals surface area contributed by atoms with E-state index in [0.29, 0.717) is 19.5 Å². The van der Waals surface area contributed by atoms with Crippen molar-refractivity contribution in [2.24, 2.45) is 5.92 Å². The van der Waals surface area contributed by atoms with Crippen molar-refractivity contribution in [2.75, 3.05) is 13.1 Å². The van der Waals surface area contributed by atoms with Gasteiger partial charge in [-0.15, -0.1) is 11.3 Å². The monoisotopic (exact) mass is 411 g/mol. The summed E-state index contributed by atoms with van der Waals surface area (Å²) in [5.74, 6) is 0.559. The van der Waals surface area contributed by atoms with E-state index >= 15 is 0 Å². The molecule has 1 aromatic carbocycles. The summed E-state index contributed by atoms with van der Waals surface area (Å²) in [4.78, 5) is 31.7. The minimum atomic E-state index is 0.131. The van der Waals surface area contributed by atoms with Crippen molar-refractivity contribution in [2.45, 2.75) is 57.4 Å². The number of carbonyl (C=O) groups is 2. The van der Waals surface area contributed by atoms with E-state index in [-0.39, 0.29) is 23.8 Å². The topological polar surface area (TPSA) is 62.3 Å². The van der Waals surface area contributed by atoms with Gasteiger partial charge in [0.05, 0.1) is 12.1 Å². The maximum atomic E-state index is 12.7. The first-order chi connectivity index (χ1) is 14.2. The number of nitrogens with one attached hydrogen (secondary N) is 1. The van der Waals surface area contributed by atoms with E-state index in [1.165, 1.54) is 19.3 Å². The number of aromatic nitrogens is 1. The van der Waals surface area contributed by atoms with Gasteiger partial charge in [-0.2, -0.15) is 0 Å². The fourth-order valence-electron chi connectivity index (χ4n) is 4.33. The van der Waals surface area contributed by atoms with E-state index in [2.05, 4.69) is 10.3 Å². The number of benzene rings is 1. The third-order valence-electron chi connectivity index (χ3n) is 6.07. The van der Waals surface area contributed by atoms with Crippen molar-refractivity contribution in [1.29, 1.82) is 0 Å². The normalized spacial score (nSPS) is 18.6. The molecule has 2 fully saturated rings. The van der Waals surface area contributed by atoms with Gasteiger partial charge in [0, 0.05) is 36.0 Å². The number of carbonyl (C=O) groups excluding carboxylic acids is 2. The summed E-state index contributed by atoms with van der Waals surface area (Å²) in [7, 11) is 0. The Kier molecular flexibility index (Phi) is 6.60. The minimum Gasteiger partial charge on any atom is -0.353 e. The van der Waals surface area contributed by atoms with Gasteiger partial charge < -0.3 is 10.2 Å². The second kappa shape index (κ2) is 9.53. The van der Waals surface area contributed by atoms with Gasteiger partial charge in [-0.25, -0.2) is 4.98 Å². The molecular formula is C23H29N3O2S. The van der Waals surface area contributed by atoms with Crippen molar-refractivity contribution in [3.8, 4) is 10.6 Å². The Morgan fingerprint density at radius 2 is 1.76 bits per heavy atom. The number of likely N-dealkylation sites (tertiary alicyclic amines) is 1. The Morgan fingerprint density at radius 3 is 2.48 bits per heavy atom. The minimum absolute atomic E-state index is 0.131. The van der Waals surface area contributed by atoms with E-state index < -0.39 is 0 Å². The third-order valence-corrected chi connectivity index (χ3v) is 7.02. The van der Waals surface area contributed by atoms with E-state index in [1.54, 1.807) is 11.3 Å². The van der Waals surface area contributed by atoms with Crippen molar-refractivity contribution in [3.05, 3.63) is 41.4 Å². The molecule has 1 aliphatic carbocycles. The highest BCUT2D eigenvalue weighted by molar-refractivity contribution is 7.13. The zero-order valence-corrected chi connectivity index (χ0v) is 17.6. The molecule has 29 heavy (non-hydrogen) atoms. The Labute approximate surface area is 176 Å². The summed E-state index contributed by atoms with van der Waals surface area (Å²) in [5.41, 5.74) is 1.93. The maximum Gasteiger partial charge on any atom is 0.228 e. The standard InChI is InChI=1S/C23H29N3O2S/c27-21(15-20-16-29-23(25-20)18-9-5-2-6-10-18)26-13-11-19(12-14-26)24-22(28)17-7-3-1-4-8-17/h2,5-6,9-10,16-17,19H,1,3-4,7-8,11-15H2,(H,24,28). The summed E-state index contributed by atoms with van der Waals surface area (Å²) in [6.07, 6.45) is 7.70. The molecule has 0 atom stereocenters. The van der Waals surface area contributed by atoms with Gasteiger partial charge in [0.15, 0.2) is 0 Å². The van der Waals surface area contributed by atoms with Crippen LogP contribution in [0, 0.1) is 5.92 Å². The summed E-state index contributed by atoms with van der Waals surface area (Å²) >= 11 is 1.58. The molecule has 1 saturated carbocycles.